The molecule has 1 N–H and O–H groups in total. The number of carbonyl (C=O) groups is 2. The molecule has 2 amide bonds. The van der Waals surface area contributed by atoms with Crippen LogP contribution in [0.4, 0.5) is 5.69 Å². The summed E-state index contributed by atoms with van der Waals surface area (Å²) >= 11 is 0. The van der Waals surface area contributed by atoms with Crippen LogP contribution in [0.5, 0.6) is 11.5 Å². The summed E-state index contributed by atoms with van der Waals surface area (Å²) in [6.07, 6.45) is 0. The predicted molar refractivity (Wildman–Crippen MR) is 146 cm³/mol. The zero-order chi connectivity index (χ0) is 27.4. The Labute approximate surface area is 222 Å². The standard InChI is InChI=1S/C29H33N5O4/c1-19-10-9-11-20(16-19)34(26(35)18-33-24-13-8-7-12-23(24)31-32-33)27(28(36)30-29(2,3)4)22-17-21(37-5)14-15-25(22)38-6/h7-17,27H,18H2,1-6H3,(H,30,36)/t27-/m1/s1. The molecule has 1 aromatic heterocycles. The lowest BCUT2D eigenvalue weighted by atomic mass is 9.99. The number of nitrogens with one attached hydrogen (secondary N) is 1. The Morgan fingerprint density at radius 2 is 1.76 bits per heavy atom. The van der Waals surface area contributed by atoms with Crippen LogP contribution < -0.4 is 19.7 Å². The van der Waals surface area contributed by atoms with Crippen molar-refractivity contribution in [1.29, 1.82) is 0 Å². The first-order valence-electron chi connectivity index (χ1n) is 12.3. The first-order chi connectivity index (χ1) is 18.1. The van der Waals surface area contributed by atoms with E-state index in [-0.39, 0.29) is 18.4 Å². The van der Waals surface area contributed by atoms with Crippen LogP contribution in [0.3, 0.4) is 0 Å². The summed E-state index contributed by atoms with van der Waals surface area (Å²) in [5, 5.41) is 11.4. The Balaban J connectivity index is 1.90. The van der Waals surface area contributed by atoms with Crippen LogP contribution in [0.25, 0.3) is 11.0 Å². The number of hydrogen-bond donors (Lipinski definition) is 1. The number of hydrogen-bond acceptors (Lipinski definition) is 6. The highest BCUT2D eigenvalue weighted by Gasteiger charge is 2.37. The predicted octanol–water partition coefficient (Wildman–Crippen LogP) is 4.45. The molecular formula is C29H33N5O4. The minimum Gasteiger partial charge on any atom is -0.497 e. The van der Waals surface area contributed by atoms with Gasteiger partial charge in [0.1, 0.15) is 29.6 Å². The van der Waals surface area contributed by atoms with E-state index in [1.54, 1.807) is 30.0 Å². The van der Waals surface area contributed by atoms with Crippen LogP contribution in [0.2, 0.25) is 0 Å². The quantitative estimate of drug-likeness (QED) is 0.372. The third-order valence-corrected chi connectivity index (χ3v) is 5.99. The lowest BCUT2D eigenvalue weighted by molar-refractivity contribution is -0.128. The molecule has 0 bridgehead atoms. The normalized spacial score (nSPS) is 12.2. The lowest BCUT2D eigenvalue weighted by Crippen LogP contribution is -2.50. The average Bonchev–Trinajstić information content (AvgIpc) is 3.28. The number of para-hydroxylation sites is 1. The van der Waals surface area contributed by atoms with Gasteiger partial charge in [-0.15, -0.1) is 5.10 Å². The van der Waals surface area contributed by atoms with Crippen molar-refractivity contribution in [2.75, 3.05) is 19.1 Å². The summed E-state index contributed by atoms with van der Waals surface area (Å²) in [6.45, 7) is 7.49. The summed E-state index contributed by atoms with van der Waals surface area (Å²) < 4.78 is 12.7. The van der Waals surface area contributed by atoms with Gasteiger partial charge in [0.2, 0.25) is 11.8 Å². The molecule has 4 rings (SSSR count). The van der Waals surface area contributed by atoms with Crippen molar-refractivity contribution in [2.45, 2.75) is 45.8 Å². The number of fused-ring (bicyclic) bond motifs is 1. The number of rotatable bonds is 8. The Morgan fingerprint density at radius 1 is 1.00 bits per heavy atom. The first kappa shape index (κ1) is 26.7. The third-order valence-electron chi connectivity index (χ3n) is 5.99. The van der Waals surface area contributed by atoms with E-state index >= 15 is 0 Å². The molecule has 38 heavy (non-hydrogen) atoms. The summed E-state index contributed by atoms with van der Waals surface area (Å²) in [5.41, 5.74) is 2.85. The van der Waals surface area contributed by atoms with Gasteiger partial charge in [-0.1, -0.05) is 29.5 Å². The van der Waals surface area contributed by atoms with Gasteiger partial charge in [0.25, 0.3) is 0 Å². The Morgan fingerprint density at radius 3 is 2.45 bits per heavy atom. The zero-order valence-corrected chi connectivity index (χ0v) is 22.6. The number of methoxy groups -OCH3 is 2. The molecule has 0 spiro atoms. The number of aryl methyl sites for hydroxylation is 1. The molecule has 0 fully saturated rings. The van der Waals surface area contributed by atoms with Crippen molar-refractivity contribution in [3.05, 3.63) is 77.9 Å². The highest BCUT2D eigenvalue weighted by molar-refractivity contribution is 6.02. The minimum atomic E-state index is -1.07. The smallest absolute Gasteiger partial charge is 0.249 e. The molecule has 0 saturated heterocycles. The maximum absolute atomic E-state index is 14.2. The van der Waals surface area contributed by atoms with Gasteiger partial charge in [-0.25, -0.2) is 4.68 Å². The topological polar surface area (TPSA) is 98.6 Å². The molecule has 198 valence electrons. The molecule has 0 radical (unpaired) electrons. The van der Waals surface area contributed by atoms with Gasteiger partial charge < -0.3 is 14.8 Å². The van der Waals surface area contributed by atoms with Gasteiger partial charge in [0.15, 0.2) is 0 Å². The Hall–Kier alpha value is -4.40. The summed E-state index contributed by atoms with van der Waals surface area (Å²) in [6, 6.07) is 19.1. The fourth-order valence-corrected chi connectivity index (χ4v) is 4.34. The van der Waals surface area contributed by atoms with E-state index in [0.29, 0.717) is 28.3 Å². The van der Waals surface area contributed by atoms with Crippen molar-refractivity contribution in [3.63, 3.8) is 0 Å². The monoisotopic (exact) mass is 515 g/mol. The van der Waals surface area contributed by atoms with E-state index in [1.165, 1.54) is 12.0 Å². The first-order valence-corrected chi connectivity index (χ1v) is 12.3. The molecule has 9 nitrogen and oxygen atoms in total. The maximum atomic E-state index is 14.2. The second-order valence-corrected chi connectivity index (χ2v) is 10.1. The van der Waals surface area contributed by atoms with E-state index in [9.17, 15) is 9.59 Å². The van der Waals surface area contributed by atoms with Crippen molar-refractivity contribution >= 4 is 28.5 Å². The number of anilines is 1. The Bertz CT molecular complexity index is 1460. The molecule has 3 aromatic carbocycles. The van der Waals surface area contributed by atoms with Crippen LogP contribution in [-0.4, -0.2) is 46.6 Å². The summed E-state index contributed by atoms with van der Waals surface area (Å²) in [4.78, 5) is 29.7. The molecular weight excluding hydrogens is 482 g/mol. The average molecular weight is 516 g/mol. The van der Waals surface area contributed by atoms with E-state index in [1.807, 2.05) is 76.2 Å². The largest absolute Gasteiger partial charge is 0.497 e. The summed E-state index contributed by atoms with van der Waals surface area (Å²) in [5.74, 6) is 0.289. The van der Waals surface area contributed by atoms with Gasteiger partial charge in [-0.05, 0) is 75.7 Å². The fourth-order valence-electron chi connectivity index (χ4n) is 4.34. The second-order valence-electron chi connectivity index (χ2n) is 10.1. The zero-order valence-electron chi connectivity index (χ0n) is 22.6. The second kappa shape index (κ2) is 10.9. The maximum Gasteiger partial charge on any atom is 0.249 e. The fraction of sp³-hybridized carbons (Fsp3) is 0.310. The molecule has 0 saturated carbocycles. The number of benzene rings is 3. The molecule has 0 unspecified atom stereocenters. The molecule has 1 atom stereocenters. The molecule has 9 heteroatoms. The number of amides is 2. The Kier molecular flexibility index (Phi) is 7.66. The molecule has 4 aromatic rings. The molecule has 0 aliphatic carbocycles. The number of carbonyl (C=O) groups excluding carboxylic acids is 2. The van der Waals surface area contributed by atoms with E-state index in [4.69, 9.17) is 9.47 Å². The van der Waals surface area contributed by atoms with Crippen LogP contribution in [0, 0.1) is 6.92 Å². The number of nitrogens with zero attached hydrogens (tertiary/aromatic N) is 4. The van der Waals surface area contributed by atoms with Gasteiger partial charge in [-0.2, -0.15) is 0 Å². The van der Waals surface area contributed by atoms with Crippen LogP contribution in [-0.2, 0) is 16.1 Å². The van der Waals surface area contributed by atoms with Gasteiger partial charge in [0, 0.05) is 16.8 Å². The molecule has 0 aliphatic rings. The highest BCUT2D eigenvalue weighted by Crippen LogP contribution is 2.36. The van der Waals surface area contributed by atoms with Gasteiger partial charge in [0.05, 0.1) is 19.7 Å². The van der Waals surface area contributed by atoms with E-state index in [2.05, 4.69) is 15.6 Å². The van der Waals surface area contributed by atoms with Crippen molar-refractivity contribution in [1.82, 2.24) is 20.3 Å². The van der Waals surface area contributed by atoms with Crippen molar-refractivity contribution < 1.29 is 19.1 Å². The van der Waals surface area contributed by atoms with Crippen LogP contribution >= 0.6 is 0 Å². The molecule has 0 aliphatic heterocycles. The van der Waals surface area contributed by atoms with Gasteiger partial charge in [-0.3, -0.25) is 14.5 Å². The van der Waals surface area contributed by atoms with E-state index < -0.39 is 11.6 Å². The van der Waals surface area contributed by atoms with Crippen molar-refractivity contribution in [2.24, 2.45) is 0 Å². The SMILES string of the molecule is COc1ccc(OC)c([C@H](C(=O)NC(C)(C)C)N(C(=O)Cn2nnc3ccccc32)c2cccc(C)c2)c1. The van der Waals surface area contributed by atoms with Crippen molar-refractivity contribution in [3.8, 4) is 11.5 Å². The van der Waals surface area contributed by atoms with Gasteiger partial charge >= 0.3 is 0 Å². The minimum absolute atomic E-state index is 0.125. The molecule has 1 heterocycles. The number of aromatic nitrogens is 3. The lowest BCUT2D eigenvalue weighted by Gasteiger charge is -2.34. The third kappa shape index (κ3) is 5.77. The van der Waals surface area contributed by atoms with E-state index in [0.717, 1.165) is 11.1 Å². The highest BCUT2D eigenvalue weighted by atomic mass is 16.5. The van der Waals surface area contributed by atoms with Crippen LogP contribution in [0.15, 0.2) is 66.7 Å². The summed E-state index contributed by atoms with van der Waals surface area (Å²) in [7, 11) is 3.08. The van der Waals surface area contributed by atoms with Crippen LogP contribution in [0.1, 0.15) is 37.9 Å². The number of ether oxygens (including phenoxy) is 2.